The Bertz CT molecular complexity index is 11500. The predicted octanol–water partition coefficient (Wildman–Crippen LogP) is 39.0. The Morgan fingerprint density at radius 1 is 0.0933 bits per heavy atom. The van der Waals surface area contributed by atoms with Crippen LogP contribution in [0.4, 0.5) is 0 Å². The fraction of sp³-hybridized carbons (Fsp3) is 0. The average molecular weight is 1900 g/mol. The van der Waals surface area contributed by atoms with Crippen LogP contribution in [-0.4, -0.2) is 27.4 Å². The minimum atomic E-state index is 1.17. The lowest BCUT2D eigenvalue weighted by atomic mass is 9.92. The van der Waals surface area contributed by atoms with Crippen LogP contribution in [0.3, 0.4) is 0 Å². The zero-order valence-electron chi connectivity index (χ0n) is 81.6. The van der Waals surface area contributed by atoms with E-state index < -0.39 is 0 Å². The van der Waals surface area contributed by atoms with Crippen molar-refractivity contribution in [2.45, 2.75) is 0 Å². The maximum absolute atomic E-state index is 2.50. The van der Waals surface area contributed by atoms with Gasteiger partial charge >= 0.3 is 0 Å². The largest absolute Gasteiger partial charge is 0.309 e. The second-order valence-corrected chi connectivity index (χ2v) is 40.0. The van der Waals surface area contributed by atoms with Crippen LogP contribution in [-0.2, 0) is 0 Å². The molecule has 0 amide bonds. The topological polar surface area (TPSA) is 29.6 Å². The molecule has 150 heavy (non-hydrogen) atoms. The van der Waals surface area contributed by atoms with Crippen LogP contribution in [0.2, 0.25) is 0 Å². The standard InChI is InChI=1S/C52H32N2.C48H30N2.C44H28N2/c1-2-14-38(15-3-1)53-46-20-10-8-18-41(46)44-30-35(25-28-48(44)53)36-26-29-49-45(31-36)42-19-9-11-21-47(42)54(49)50-32-37-23-22-33-12-4-6-16-39(33)51(37)52-40-17-7-5-13-34(40)24-27-43(50)52;1-2-11-35(12-3-1)49-45-16-8-6-14-41(45)43-29-32(20-26-47(43)49)33-21-27-48-44(30-33)42-15-7-9-17-46(42)50(48)36-22-25-38-34(28-36)19-24-39-37-13-5-4-10-31(37)18-23-40(38)39;1-2-11-33(12-3-1)45-41-16-8-6-14-37(41)39-27-30(20-24-43(39)45)31-21-25-44-40(28-31)38-15-7-9-17-42(38)46(44)34-22-23-36-32(26-34)19-18-29-10-4-5-13-35(29)36/h1-32H;1-30H;1-28H. The summed E-state index contributed by atoms with van der Waals surface area (Å²) >= 11 is 0. The monoisotopic (exact) mass is 1900 g/mol. The Morgan fingerprint density at radius 3 is 0.653 bits per heavy atom. The molecule has 6 aromatic heterocycles. The average Bonchev–Trinajstić information content (AvgIpc) is 1.44. The predicted molar refractivity (Wildman–Crippen MR) is 639 cm³/mol. The molecule has 0 spiro atoms. The van der Waals surface area contributed by atoms with Crippen molar-refractivity contribution in [1.82, 2.24) is 27.4 Å². The third kappa shape index (κ3) is 13.3. The minimum Gasteiger partial charge on any atom is -0.309 e. The third-order valence-electron chi connectivity index (χ3n) is 32.0. The van der Waals surface area contributed by atoms with Crippen LogP contribution in [0.15, 0.2) is 546 Å². The van der Waals surface area contributed by atoms with Crippen molar-refractivity contribution in [2.24, 2.45) is 0 Å². The van der Waals surface area contributed by atoms with E-state index in [1.54, 1.807) is 0 Å². The van der Waals surface area contributed by atoms with Crippen molar-refractivity contribution in [3.63, 3.8) is 0 Å². The molecular weight excluding hydrogens is 1810 g/mol. The summed E-state index contributed by atoms with van der Waals surface area (Å²) in [5, 5.41) is 38.2. The number of rotatable bonds is 9. The molecule has 0 fully saturated rings. The lowest BCUT2D eigenvalue weighted by molar-refractivity contribution is 1.18. The summed E-state index contributed by atoms with van der Waals surface area (Å²) < 4.78 is 14.5. The summed E-state index contributed by atoms with van der Waals surface area (Å²) in [6, 6.07) is 200. The van der Waals surface area contributed by atoms with E-state index in [2.05, 4.69) is 573 Å². The maximum Gasteiger partial charge on any atom is 0.0547 e. The van der Waals surface area contributed by atoms with Crippen LogP contribution >= 0.6 is 0 Å². The van der Waals surface area contributed by atoms with Crippen molar-refractivity contribution in [1.29, 1.82) is 0 Å². The molecule has 0 atom stereocenters. The van der Waals surface area contributed by atoms with Crippen molar-refractivity contribution >= 4 is 228 Å². The molecule has 0 N–H and O–H groups in total. The Hall–Kier alpha value is -19.9. The van der Waals surface area contributed by atoms with Gasteiger partial charge in [0.1, 0.15) is 0 Å². The van der Waals surface area contributed by atoms with Gasteiger partial charge in [-0.3, -0.25) is 0 Å². The van der Waals surface area contributed by atoms with Gasteiger partial charge in [-0.1, -0.05) is 370 Å². The minimum absolute atomic E-state index is 1.17. The summed E-state index contributed by atoms with van der Waals surface area (Å²) in [6.45, 7) is 0. The highest BCUT2D eigenvalue weighted by atomic mass is 15.0. The van der Waals surface area contributed by atoms with E-state index in [0.717, 1.165) is 0 Å². The quantitative estimate of drug-likeness (QED) is 0.129. The molecule has 0 aliphatic carbocycles. The van der Waals surface area contributed by atoms with Crippen LogP contribution in [0.1, 0.15) is 0 Å². The SMILES string of the molecule is c1ccc(-n2c3ccccc3c3cc(-c4ccc5c(c4)c4ccccc4n5-c4cc5ccc6ccccc6c5c5c4ccc4ccccc45)ccc32)cc1.c1ccc(-n2c3ccccc3c3cc(-c4ccc5c(c4)c4ccccc4n5-c4ccc5c(ccc6c7ccccc7ccc56)c4)ccc32)cc1.c1ccc(-n2c3ccccc3c3cc(-c4ccc5c(c4)c4ccccc4n5-c4ccc5c(ccc6ccccc65)c4)ccc32)cc1. The van der Waals surface area contributed by atoms with Gasteiger partial charge in [0.25, 0.3) is 0 Å². The maximum atomic E-state index is 2.50. The van der Waals surface area contributed by atoms with Gasteiger partial charge in [-0.25, -0.2) is 0 Å². The van der Waals surface area contributed by atoms with E-state index in [1.165, 1.54) is 295 Å². The molecule has 0 saturated heterocycles. The first-order chi connectivity index (χ1) is 74.4. The van der Waals surface area contributed by atoms with E-state index in [0.29, 0.717) is 0 Å². The molecule has 33 rings (SSSR count). The molecule has 6 heterocycles. The Morgan fingerprint density at radius 2 is 0.307 bits per heavy atom. The highest BCUT2D eigenvalue weighted by molar-refractivity contribution is 6.31. The number of aromatic nitrogens is 6. The summed E-state index contributed by atoms with van der Waals surface area (Å²) in [5.41, 5.74) is 29.0. The van der Waals surface area contributed by atoms with E-state index in [9.17, 15) is 0 Å². The molecule has 33 aromatic rings. The lowest BCUT2D eigenvalue weighted by Crippen LogP contribution is -1.97. The van der Waals surface area contributed by atoms with E-state index in [-0.39, 0.29) is 0 Å². The van der Waals surface area contributed by atoms with Crippen molar-refractivity contribution in [3.8, 4) is 67.5 Å². The smallest absolute Gasteiger partial charge is 0.0547 e. The van der Waals surface area contributed by atoms with Crippen molar-refractivity contribution in [2.75, 3.05) is 0 Å². The number of hydrogen-bond acceptors (Lipinski definition) is 0. The Kier molecular flexibility index (Phi) is 19.1. The number of hydrogen-bond donors (Lipinski definition) is 0. The second-order valence-electron chi connectivity index (χ2n) is 40.0. The second kappa shape index (κ2) is 33.9. The Balaban J connectivity index is 0.000000102. The lowest BCUT2D eigenvalue weighted by Gasteiger charge is -2.17. The van der Waals surface area contributed by atoms with Gasteiger partial charge in [-0.15, -0.1) is 0 Å². The molecule has 0 saturated carbocycles. The van der Waals surface area contributed by atoms with Gasteiger partial charge in [0, 0.05) is 104 Å². The highest BCUT2D eigenvalue weighted by Gasteiger charge is 2.25. The van der Waals surface area contributed by atoms with Gasteiger partial charge in [0.05, 0.1) is 71.9 Å². The zero-order valence-corrected chi connectivity index (χ0v) is 81.6. The fourth-order valence-corrected chi connectivity index (χ4v) is 25.2. The van der Waals surface area contributed by atoms with E-state index >= 15 is 0 Å². The van der Waals surface area contributed by atoms with E-state index in [1.807, 2.05) is 0 Å². The molecule has 0 aliphatic heterocycles. The van der Waals surface area contributed by atoms with E-state index in [4.69, 9.17) is 0 Å². The Labute approximate surface area is 862 Å². The molecular formula is C144H90N6. The van der Waals surface area contributed by atoms with Crippen molar-refractivity contribution in [3.05, 3.63) is 546 Å². The molecule has 0 bridgehead atoms. The molecule has 6 heteroatoms. The van der Waals surface area contributed by atoms with Gasteiger partial charge in [-0.05, 0) is 295 Å². The molecule has 696 valence electrons. The normalized spacial score (nSPS) is 12.0. The summed E-state index contributed by atoms with van der Waals surface area (Å²) in [6.07, 6.45) is 0. The number of benzene rings is 27. The molecule has 0 unspecified atom stereocenters. The van der Waals surface area contributed by atoms with Crippen molar-refractivity contribution < 1.29 is 0 Å². The number of nitrogens with zero attached hydrogens (tertiary/aromatic N) is 6. The fourth-order valence-electron chi connectivity index (χ4n) is 25.2. The summed E-state index contributed by atoms with van der Waals surface area (Å²) in [4.78, 5) is 0. The molecule has 0 radical (unpaired) electrons. The van der Waals surface area contributed by atoms with Crippen LogP contribution < -0.4 is 0 Å². The first-order valence-electron chi connectivity index (χ1n) is 51.8. The summed E-state index contributed by atoms with van der Waals surface area (Å²) in [7, 11) is 0. The van der Waals surface area contributed by atoms with Crippen LogP contribution in [0.25, 0.3) is 295 Å². The zero-order chi connectivity index (χ0) is 98.3. The number of para-hydroxylation sites is 9. The number of fused-ring (bicyclic) bond motifs is 33. The van der Waals surface area contributed by atoms with Gasteiger partial charge in [-0.2, -0.15) is 0 Å². The van der Waals surface area contributed by atoms with Crippen LogP contribution in [0.5, 0.6) is 0 Å². The van der Waals surface area contributed by atoms with Gasteiger partial charge < -0.3 is 27.4 Å². The van der Waals surface area contributed by atoms with Crippen LogP contribution in [0, 0.1) is 0 Å². The third-order valence-corrected chi connectivity index (χ3v) is 32.0. The molecule has 0 aliphatic rings. The molecule has 6 nitrogen and oxygen atoms in total. The molecule has 27 aromatic carbocycles. The van der Waals surface area contributed by atoms with Gasteiger partial charge in [0.15, 0.2) is 0 Å². The highest BCUT2D eigenvalue weighted by Crippen LogP contribution is 2.49. The van der Waals surface area contributed by atoms with Gasteiger partial charge in [0.2, 0.25) is 0 Å². The summed E-state index contributed by atoms with van der Waals surface area (Å²) in [5.74, 6) is 0. The first kappa shape index (κ1) is 84.6. The first-order valence-corrected chi connectivity index (χ1v) is 51.8.